The van der Waals surface area contributed by atoms with Crippen molar-refractivity contribution >= 4 is 28.8 Å². The van der Waals surface area contributed by atoms with Crippen molar-refractivity contribution in [1.82, 2.24) is 0 Å². The molecule has 0 saturated heterocycles. The molecule has 2 aromatic carbocycles. The third-order valence-electron chi connectivity index (χ3n) is 3.19. The summed E-state index contributed by atoms with van der Waals surface area (Å²) in [4.78, 5) is 12.0. The Labute approximate surface area is 140 Å². The maximum atomic E-state index is 12.1. The number of alkyl halides is 3. The Morgan fingerprint density at radius 3 is 2.24 bits per heavy atom. The van der Waals surface area contributed by atoms with Gasteiger partial charge in [0.15, 0.2) is 0 Å². The highest BCUT2D eigenvalue weighted by atomic mass is 19.4. The van der Waals surface area contributed by atoms with Crippen molar-refractivity contribution in [2.45, 2.75) is 6.36 Å². The summed E-state index contributed by atoms with van der Waals surface area (Å²) >= 11 is 0. The number of nitrogens with one attached hydrogen (secondary N) is 4. The van der Waals surface area contributed by atoms with Crippen molar-refractivity contribution in [3.63, 3.8) is 0 Å². The van der Waals surface area contributed by atoms with E-state index in [4.69, 9.17) is 0 Å². The SMILES string of the molecule is C=C1Nc2ccc(NC(=O)Nc3ccc(OC(F)(F)F)cc3)cc2N1. The number of rotatable bonds is 3. The Balaban J connectivity index is 1.59. The van der Waals surface area contributed by atoms with E-state index in [1.54, 1.807) is 18.2 Å². The minimum atomic E-state index is -4.76. The van der Waals surface area contributed by atoms with Crippen LogP contribution in [0.15, 0.2) is 54.9 Å². The van der Waals surface area contributed by atoms with Crippen molar-refractivity contribution in [2.24, 2.45) is 0 Å². The first-order chi connectivity index (χ1) is 11.8. The van der Waals surface area contributed by atoms with E-state index >= 15 is 0 Å². The largest absolute Gasteiger partial charge is 0.573 e. The fourth-order valence-electron chi connectivity index (χ4n) is 2.22. The lowest BCUT2D eigenvalue weighted by Gasteiger charge is -2.11. The molecule has 0 unspecified atom stereocenters. The normalized spacial score (nSPS) is 12.7. The fourth-order valence-corrected chi connectivity index (χ4v) is 2.22. The van der Waals surface area contributed by atoms with Crippen molar-refractivity contribution in [2.75, 3.05) is 21.3 Å². The number of anilines is 4. The van der Waals surface area contributed by atoms with Crippen LogP contribution in [0.1, 0.15) is 0 Å². The molecule has 2 aromatic rings. The first kappa shape index (κ1) is 16.5. The standard InChI is InChI=1S/C16H13F3N4O2/c1-9-20-13-7-4-11(8-14(13)21-9)23-15(24)22-10-2-5-12(6-3-10)25-16(17,18)19/h2-8,20-21H,1H2,(H2,22,23,24). The summed E-state index contributed by atoms with van der Waals surface area (Å²) in [7, 11) is 0. The molecule has 1 aliphatic heterocycles. The summed E-state index contributed by atoms with van der Waals surface area (Å²) < 4.78 is 40.0. The molecule has 0 aliphatic carbocycles. The van der Waals surface area contributed by atoms with Crippen molar-refractivity contribution < 1.29 is 22.7 Å². The minimum absolute atomic E-state index is 0.321. The molecular weight excluding hydrogens is 337 g/mol. The van der Waals surface area contributed by atoms with E-state index in [2.05, 4.69) is 32.6 Å². The van der Waals surface area contributed by atoms with Crippen LogP contribution in [-0.4, -0.2) is 12.4 Å². The number of hydrogen-bond acceptors (Lipinski definition) is 4. The van der Waals surface area contributed by atoms with E-state index in [-0.39, 0.29) is 5.75 Å². The van der Waals surface area contributed by atoms with Gasteiger partial charge < -0.3 is 26.0 Å². The van der Waals surface area contributed by atoms with Crippen molar-refractivity contribution in [1.29, 1.82) is 0 Å². The highest BCUT2D eigenvalue weighted by Gasteiger charge is 2.30. The average Bonchev–Trinajstić information content (AvgIpc) is 2.87. The van der Waals surface area contributed by atoms with E-state index in [1.165, 1.54) is 12.1 Å². The molecule has 1 heterocycles. The lowest BCUT2D eigenvalue weighted by Crippen LogP contribution is -2.19. The number of hydrogen-bond donors (Lipinski definition) is 4. The van der Waals surface area contributed by atoms with E-state index in [0.29, 0.717) is 17.2 Å². The van der Waals surface area contributed by atoms with Crippen molar-refractivity contribution in [3.8, 4) is 5.75 Å². The predicted molar refractivity (Wildman–Crippen MR) is 88.6 cm³/mol. The summed E-state index contributed by atoms with van der Waals surface area (Å²) in [5.41, 5.74) is 2.48. The van der Waals surface area contributed by atoms with Crippen LogP contribution in [0.25, 0.3) is 0 Å². The molecule has 4 N–H and O–H groups in total. The van der Waals surface area contributed by atoms with Crippen LogP contribution in [0.5, 0.6) is 5.75 Å². The third kappa shape index (κ3) is 4.34. The quantitative estimate of drug-likeness (QED) is 0.656. The second-order valence-corrected chi connectivity index (χ2v) is 5.14. The topological polar surface area (TPSA) is 74.4 Å². The molecule has 0 atom stereocenters. The number of carbonyl (C=O) groups excluding carboxylic acids is 1. The van der Waals surface area contributed by atoms with Crippen LogP contribution in [0.4, 0.5) is 40.7 Å². The summed E-state index contributed by atoms with van der Waals surface area (Å²) in [6.07, 6.45) is -4.76. The van der Waals surface area contributed by atoms with Gasteiger partial charge in [-0.05, 0) is 42.5 Å². The predicted octanol–water partition coefficient (Wildman–Crippen LogP) is 4.54. The minimum Gasteiger partial charge on any atom is -0.406 e. The molecule has 0 bridgehead atoms. The zero-order chi connectivity index (χ0) is 18.0. The van der Waals surface area contributed by atoms with E-state index in [0.717, 1.165) is 23.5 Å². The van der Waals surface area contributed by atoms with Gasteiger partial charge in [0, 0.05) is 11.4 Å². The van der Waals surface area contributed by atoms with Gasteiger partial charge in [-0.3, -0.25) is 0 Å². The Morgan fingerprint density at radius 2 is 1.56 bits per heavy atom. The molecule has 130 valence electrons. The molecule has 1 aliphatic rings. The number of ether oxygens (including phenoxy) is 1. The van der Waals surface area contributed by atoms with Gasteiger partial charge in [-0.15, -0.1) is 13.2 Å². The molecule has 9 heteroatoms. The number of amides is 2. The first-order valence-electron chi connectivity index (χ1n) is 7.09. The van der Waals surface area contributed by atoms with Gasteiger partial charge in [-0.2, -0.15) is 0 Å². The number of benzene rings is 2. The van der Waals surface area contributed by atoms with Gasteiger partial charge >= 0.3 is 12.4 Å². The van der Waals surface area contributed by atoms with Crippen LogP contribution >= 0.6 is 0 Å². The monoisotopic (exact) mass is 350 g/mol. The number of halogens is 3. The molecular formula is C16H13F3N4O2. The van der Waals surface area contributed by atoms with Gasteiger partial charge in [0.05, 0.1) is 11.4 Å². The highest BCUT2D eigenvalue weighted by molar-refractivity contribution is 6.00. The van der Waals surface area contributed by atoms with Crippen LogP contribution in [-0.2, 0) is 0 Å². The van der Waals surface area contributed by atoms with Gasteiger partial charge in [0.1, 0.15) is 11.6 Å². The Bertz CT molecular complexity index is 819. The number of carbonyl (C=O) groups is 1. The van der Waals surface area contributed by atoms with Gasteiger partial charge in [-0.1, -0.05) is 6.58 Å². The molecule has 0 radical (unpaired) electrons. The zero-order valence-corrected chi connectivity index (χ0v) is 12.7. The molecule has 0 aromatic heterocycles. The molecule has 3 rings (SSSR count). The van der Waals surface area contributed by atoms with Crippen LogP contribution in [0.3, 0.4) is 0 Å². The first-order valence-corrected chi connectivity index (χ1v) is 7.09. The van der Waals surface area contributed by atoms with Gasteiger partial charge in [-0.25, -0.2) is 4.79 Å². The second kappa shape index (κ2) is 6.27. The van der Waals surface area contributed by atoms with Crippen LogP contribution in [0.2, 0.25) is 0 Å². The van der Waals surface area contributed by atoms with E-state index in [1.807, 2.05) is 0 Å². The number of fused-ring (bicyclic) bond motifs is 1. The molecule has 0 fully saturated rings. The smallest absolute Gasteiger partial charge is 0.406 e. The summed E-state index contributed by atoms with van der Waals surface area (Å²) in [5, 5.41) is 11.2. The average molecular weight is 350 g/mol. The van der Waals surface area contributed by atoms with Gasteiger partial charge in [0.25, 0.3) is 0 Å². The molecule has 0 spiro atoms. The Morgan fingerprint density at radius 1 is 0.960 bits per heavy atom. The maximum Gasteiger partial charge on any atom is 0.573 e. The van der Waals surface area contributed by atoms with Gasteiger partial charge in [0.2, 0.25) is 0 Å². The second-order valence-electron chi connectivity index (χ2n) is 5.14. The molecule has 0 saturated carbocycles. The van der Waals surface area contributed by atoms with Crippen molar-refractivity contribution in [3.05, 3.63) is 54.9 Å². The highest BCUT2D eigenvalue weighted by Crippen LogP contribution is 2.32. The lowest BCUT2D eigenvalue weighted by molar-refractivity contribution is -0.274. The van der Waals surface area contributed by atoms with E-state index < -0.39 is 12.4 Å². The summed E-state index contributed by atoms with van der Waals surface area (Å²) in [5.74, 6) is 0.272. The lowest BCUT2D eigenvalue weighted by atomic mass is 10.2. The van der Waals surface area contributed by atoms with E-state index in [9.17, 15) is 18.0 Å². The third-order valence-corrected chi connectivity index (χ3v) is 3.19. The molecule has 6 nitrogen and oxygen atoms in total. The van der Waals surface area contributed by atoms with Crippen LogP contribution in [0, 0.1) is 0 Å². The molecule has 2 amide bonds. The number of urea groups is 1. The summed E-state index contributed by atoms with van der Waals surface area (Å²) in [6.45, 7) is 3.74. The Hall–Kier alpha value is -3.36. The fraction of sp³-hybridized carbons (Fsp3) is 0.0625. The Kier molecular flexibility index (Phi) is 4.14. The molecule has 25 heavy (non-hydrogen) atoms. The zero-order valence-electron chi connectivity index (χ0n) is 12.7. The van der Waals surface area contributed by atoms with Crippen LogP contribution < -0.4 is 26.0 Å². The summed E-state index contributed by atoms with van der Waals surface area (Å²) in [6, 6.07) is 9.50. The maximum absolute atomic E-state index is 12.1.